The second kappa shape index (κ2) is 7.47. The van der Waals surface area contributed by atoms with E-state index in [-0.39, 0.29) is 24.8 Å². The Hall–Kier alpha value is -2.95. The van der Waals surface area contributed by atoms with Gasteiger partial charge in [-0.15, -0.1) is 0 Å². The van der Waals surface area contributed by atoms with Crippen LogP contribution in [0, 0.1) is 0 Å². The molecule has 4 nitrogen and oxygen atoms in total. The first kappa shape index (κ1) is 19.4. The number of benzene rings is 3. The Bertz CT molecular complexity index is 1040. The summed E-state index contributed by atoms with van der Waals surface area (Å²) in [5.41, 5.74) is 2.45. The van der Waals surface area contributed by atoms with Gasteiger partial charge < -0.3 is 5.11 Å². The lowest BCUT2D eigenvalue weighted by atomic mass is 9.91. The van der Waals surface area contributed by atoms with Crippen molar-refractivity contribution < 1.29 is 14.7 Å². The van der Waals surface area contributed by atoms with Crippen LogP contribution in [0.4, 0.5) is 0 Å². The highest BCUT2D eigenvalue weighted by Gasteiger charge is 2.36. The van der Waals surface area contributed by atoms with Crippen LogP contribution in [0.2, 0.25) is 5.02 Å². The number of hydrogen-bond acceptors (Lipinski definition) is 3. The summed E-state index contributed by atoms with van der Waals surface area (Å²) in [6, 6.07) is 22.0. The number of fused-ring (bicyclic) bond motifs is 1. The smallest absolute Gasteiger partial charge is 0.261 e. The van der Waals surface area contributed by atoms with Crippen molar-refractivity contribution in [2.24, 2.45) is 0 Å². The van der Waals surface area contributed by atoms with E-state index in [1.165, 1.54) is 4.90 Å². The van der Waals surface area contributed by atoms with Crippen LogP contribution >= 0.6 is 11.6 Å². The van der Waals surface area contributed by atoms with Crippen LogP contribution in [0.25, 0.3) is 11.1 Å². The average molecular weight is 406 g/mol. The fourth-order valence-corrected chi connectivity index (χ4v) is 3.71. The SMILES string of the molecule is CC(O)(CCN1C(=O)c2ccccc2C1=O)c1ccc(-c2ccc(Cl)cc2)cc1. The van der Waals surface area contributed by atoms with Crippen molar-refractivity contribution in [1.82, 2.24) is 4.90 Å². The van der Waals surface area contributed by atoms with Gasteiger partial charge in [0.2, 0.25) is 0 Å². The summed E-state index contributed by atoms with van der Waals surface area (Å²) in [7, 11) is 0. The molecule has 1 heterocycles. The third-order valence-electron chi connectivity index (χ3n) is 5.38. The minimum atomic E-state index is -1.17. The average Bonchev–Trinajstić information content (AvgIpc) is 2.98. The molecule has 0 bridgehead atoms. The zero-order chi connectivity index (χ0) is 20.6. The van der Waals surface area contributed by atoms with Crippen molar-refractivity contribution in [3.63, 3.8) is 0 Å². The van der Waals surface area contributed by atoms with Crippen molar-refractivity contribution in [2.45, 2.75) is 18.9 Å². The summed E-state index contributed by atoms with van der Waals surface area (Å²) in [6.07, 6.45) is 0.249. The molecular formula is C24H20ClNO3. The number of hydrogen-bond donors (Lipinski definition) is 1. The number of carbonyl (C=O) groups excluding carboxylic acids is 2. The van der Waals surface area contributed by atoms with E-state index in [0.717, 1.165) is 16.7 Å². The summed E-state index contributed by atoms with van der Waals surface area (Å²) < 4.78 is 0. The van der Waals surface area contributed by atoms with Crippen molar-refractivity contribution in [1.29, 1.82) is 0 Å². The lowest BCUT2D eigenvalue weighted by Crippen LogP contribution is -2.35. The predicted molar refractivity (Wildman–Crippen MR) is 113 cm³/mol. The highest BCUT2D eigenvalue weighted by molar-refractivity contribution is 6.30. The molecule has 29 heavy (non-hydrogen) atoms. The molecule has 0 saturated carbocycles. The summed E-state index contributed by atoms with van der Waals surface area (Å²) in [6.45, 7) is 1.85. The van der Waals surface area contributed by atoms with Crippen LogP contribution in [0.15, 0.2) is 72.8 Å². The molecule has 5 heteroatoms. The van der Waals surface area contributed by atoms with Gasteiger partial charge in [-0.1, -0.05) is 60.1 Å². The molecular weight excluding hydrogens is 386 g/mol. The molecule has 4 rings (SSSR count). The molecule has 1 aliphatic rings. The van der Waals surface area contributed by atoms with Crippen molar-refractivity contribution in [3.8, 4) is 11.1 Å². The minimum Gasteiger partial charge on any atom is -0.385 e. The highest BCUT2D eigenvalue weighted by atomic mass is 35.5. The molecule has 1 aliphatic heterocycles. The number of aliphatic hydroxyl groups is 1. The van der Waals surface area contributed by atoms with Gasteiger partial charge in [-0.2, -0.15) is 0 Å². The molecule has 0 saturated heterocycles. The quantitative estimate of drug-likeness (QED) is 0.614. The first-order valence-corrected chi connectivity index (χ1v) is 9.79. The molecule has 3 aromatic rings. The molecule has 0 spiro atoms. The third-order valence-corrected chi connectivity index (χ3v) is 5.64. The minimum absolute atomic E-state index is 0.151. The van der Waals surface area contributed by atoms with E-state index in [2.05, 4.69) is 0 Å². The van der Waals surface area contributed by atoms with Gasteiger partial charge in [0, 0.05) is 11.6 Å². The van der Waals surface area contributed by atoms with Gasteiger partial charge in [-0.25, -0.2) is 0 Å². The zero-order valence-electron chi connectivity index (χ0n) is 15.9. The van der Waals surface area contributed by atoms with Gasteiger partial charge in [0.1, 0.15) is 0 Å². The standard InChI is InChI=1S/C24H20ClNO3/c1-24(29,14-15-26-22(27)20-4-2-3-5-21(20)23(26)28)18-10-6-16(7-11-18)17-8-12-19(25)13-9-17/h2-13,29H,14-15H2,1H3. The van der Waals surface area contributed by atoms with Crippen molar-refractivity contribution in [3.05, 3.63) is 94.5 Å². The number of amides is 2. The second-order valence-corrected chi connectivity index (χ2v) is 7.85. The van der Waals surface area contributed by atoms with Crippen molar-refractivity contribution in [2.75, 3.05) is 6.54 Å². The van der Waals surface area contributed by atoms with E-state index in [4.69, 9.17) is 11.6 Å². The van der Waals surface area contributed by atoms with Crippen LogP contribution in [0.5, 0.6) is 0 Å². The third kappa shape index (κ3) is 3.69. The maximum atomic E-state index is 12.5. The molecule has 0 aliphatic carbocycles. The first-order valence-electron chi connectivity index (χ1n) is 9.41. The van der Waals surface area contributed by atoms with Crippen LogP contribution in [0.1, 0.15) is 39.6 Å². The van der Waals surface area contributed by atoms with Crippen LogP contribution in [-0.2, 0) is 5.60 Å². The molecule has 0 radical (unpaired) electrons. The Labute approximate surface area is 174 Å². The Kier molecular flexibility index (Phi) is 4.99. The summed E-state index contributed by atoms with van der Waals surface area (Å²) in [4.78, 5) is 26.2. The molecule has 0 fully saturated rings. The number of nitrogens with zero attached hydrogens (tertiary/aromatic N) is 1. The molecule has 0 aromatic heterocycles. The molecule has 1 atom stereocenters. The Balaban J connectivity index is 1.47. The van der Waals surface area contributed by atoms with E-state index < -0.39 is 5.60 Å². The highest BCUT2D eigenvalue weighted by Crippen LogP contribution is 2.30. The van der Waals surface area contributed by atoms with Crippen molar-refractivity contribution >= 4 is 23.4 Å². The lowest BCUT2D eigenvalue weighted by Gasteiger charge is -2.26. The molecule has 1 unspecified atom stereocenters. The second-order valence-electron chi connectivity index (χ2n) is 7.42. The number of rotatable bonds is 5. The number of halogens is 1. The fourth-order valence-electron chi connectivity index (χ4n) is 3.58. The molecule has 2 amide bonds. The Morgan fingerprint density at radius 1 is 0.828 bits per heavy atom. The van der Waals surface area contributed by atoms with Gasteiger partial charge in [0.15, 0.2) is 0 Å². The molecule has 146 valence electrons. The van der Waals surface area contributed by atoms with E-state index in [9.17, 15) is 14.7 Å². The van der Waals surface area contributed by atoms with E-state index in [1.54, 1.807) is 31.2 Å². The maximum absolute atomic E-state index is 12.5. The summed E-state index contributed by atoms with van der Waals surface area (Å²) in [5.74, 6) is -0.612. The molecule has 1 N–H and O–H groups in total. The van der Waals surface area contributed by atoms with E-state index >= 15 is 0 Å². The maximum Gasteiger partial charge on any atom is 0.261 e. The van der Waals surface area contributed by atoms with Gasteiger partial charge >= 0.3 is 0 Å². The van der Waals surface area contributed by atoms with Crippen LogP contribution in [0.3, 0.4) is 0 Å². The first-order chi connectivity index (χ1) is 13.9. The van der Waals surface area contributed by atoms with E-state index in [0.29, 0.717) is 16.1 Å². The number of carbonyl (C=O) groups is 2. The monoisotopic (exact) mass is 405 g/mol. The largest absolute Gasteiger partial charge is 0.385 e. The summed E-state index contributed by atoms with van der Waals surface area (Å²) >= 11 is 5.94. The zero-order valence-corrected chi connectivity index (χ0v) is 16.7. The van der Waals surface area contributed by atoms with Gasteiger partial charge in [-0.05, 0) is 54.3 Å². The Morgan fingerprint density at radius 3 is 1.83 bits per heavy atom. The fraction of sp³-hybridized carbons (Fsp3) is 0.167. The van der Waals surface area contributed by atoms with Crippen LogP contribution < -0.4 is 0 Å². The molecule has 3 aromatic carbocycles. The number of imide groups is 1. The van der Waals surface area contributed by atoms with Gasteiger partial charge in [-0.3, -0.25) is 14.5 Å². The van der Waals surface area contributed by atoms with Gasteiger partial charge in [0.05, 0.1) is 16.7 Å². The summed E-state index contributed by atoms with van der Waals surface area (Å²) in [5, 5.41) is 11.6. The Morgan fingerprint density at radius 2 is 1.31 bits per heavy atom. The lowest BCUT2D eigenvalue weighted by molar-refractivity contribution is 0.0339. The predicted octanol–water partition coefficient (Wildman–Crippen LogP) is 4.90. The van der Waals surface area contributed by atoms with E-state index in [1.807, 2.05) is 48.5 Å². The topological polar surface area (TPSA) is 57.6 Å². The normalized spacial score (nSPS) is 15.3. The van der Waals surface area contributed by atoms with Crippen LogP contribution in [-0.4, -0.2) is 28.4 Å². The van der Waals surface area contributed by atoms with Gasteiger partial charge in [0.25, 0.3) is 11.8 Å².